The number of hydrogen-bond donors (Lipinski definition) is 2. The van der Waals surface area contributed by atoms with Crippen molar-refractivity contribution in [3.05, 3.63) is 28.2 Å². The minimum atomic E-state index is 0.112. The maximum absolute atomic E-state index is 7.47. The number of halogens is 1. The first-order chi connectivity index (χ1) is 8.99. The average molecular weight is 324 g/mol. The van der Waals surface area contributed by atoms with E-state index in [-0.39, 0.29) is 5.84 Å². The molecule has 1 aromatic rings. The summed E-state index contributed by atoms with van der Waals surface area (Å²) in [6, 6.07) is 6.53. The largest absolute Gasteiger partial charge is 0.384 e. The summed E-state index contributed by atoms with van der Waals surface area (Å²) in [5.41, 5.74) is 7.47. The topological polar surface area (TPSA) is 53.1 Å². The number of hydrogen-bond acceptors (Lipinski definition) is 2. The quantitative estimate of drug-likeness (QED) is 0.657. The smallest absolute Gasteiger partial charge is 0.122 e. The van der Waals surface area contributed by atoms with Gasteiger partial charge in [0, 0.05) is 23.1 Å². The lowest BCUT2D eigenvalue weighted by Crippen LogP contribution is -2.35. The second-order valence-corrected chi connectivity index (χ2v) is 6.46. The van der Waals surface area contributed by atoms with Crippen LogP contribution < -0.4 is 10.6 Å². The third-order valence-electron chi connectivity index (χ3n) is 4.17. The lowest BCUT2D eigenvalue weighted by Gasteiger charge is -2.35. The summed E-state index contributed by atoms with van der Waals surface area (Å²) < 4.78 is 1.02. The summed E-state index contributed by atoms with van der Waals surface area (Å²) >= 11 is 3.60. The lowest BCUT2D eigenvalue weighted by molar-refractivity contribution is 0.340. The van der Waals surface area contributed by atoms with E-state index in [0.29, 0.717) is 6.04 Å². The molecule has 19 heavy (non-hydrogen) atoms. The molecule has 0 aromatic heterocycles. The van der Waals surface area contributed by atoms with Crippen molar-refractivity contribution in [2.45, 2.75) is 38.6 Å². The summed E-state index contributed by atoms with van der Waals surface area (Å²) in [6.45, 7) is 2.34. The monoisotopic (exact) mass is 323 g/mol. The van der Waals surface area contributed by atoms with Crippen LogP contribution in [0, 0.1) is 11.3 Å². The van der Waals surface area contributed by atoms with Gasteiger partial charge in [0.15, 0.2) is 0 Å². The van der Waals surface area contributed by atoms with Gasteiger partial charge in [-0.3, -0.25) is 5.41 Å². The summed E-state index contributed by atoms with van der Waals surface area (Å²) in [5, 5.41) is 7.47. The Labute approximate surface area is 123 Å². The molecule has 1 aliphatic rings. The van der Waals surface area contributed by atoms with Crippen LogP contribution in [0.2, 0.25) is 0 Å². The molecule has 1 fully saturated rings. The fourth-order valence-electron chi connectivity index (χ4n) is 2.79. The number of nitrogens with zero attached hydrogens (tertiary/aromatic N) is 1. The second kappa shape index (κ2) is 5.95. The van der Waals surface area contributed by atoms with Crippen LogP contribution in [0.1, 0.15) is 38.2 Å². The van der Waals surface area contributed by atoms with Crippen LogP contribution in [0.25, 0.3) is 0 Å². The van der Waals surface area contributed by atoms with Crippen molar-refractivity contribution in [3.63, 3.8) is 0 Å². The molecule has 0 aliphatic heterocycles. The highest BCUT2D eigenvalue weighted by Gasteiger charge is 2.23. The molecule has 3 nitrogen and oxygen atoms in total. The zero-order valence-electron chi connectivity index (χ0n) is 11.6. The average Bonchev–Trinajstić information content (AvgIpc) is 2.38. The van der Waals surface area contributed by atoms with Crippen LogP contribution in [-0.2, 0) is 0 Å². The molecule has 0 heterocycles. The number of nitrogens with one attached hydrogen (secondary N) is 1. The molecule has 0 spiro atoms. The van der Waals surface area contributed by atoms with Crippen molar-refractivity contribution in [2.24, 2.45) is 11.7 Å². The van der Waals surface area contributed by atoms with E-state index in [1.807, 2.05) is 12.1 Å². The molecule has 104 valence electrons. The van der Waals surface area contributed by atoms with E-state index >= 15 is 0 Å². The number of rotatable bonds is 3. The Hall–Kier alpha value is -1.03. The predicted molar refractivity (Wildman–Crippen MR) is 85.0 cm³/mol. The molecule has 1 aromatic carbocycles. The van der Waals surface area contributed by atoms with Crippen molar-refractivity contribution in [3.8, 4) is 0 Å². The maximum Gasteiger partial charge on any atom is 0.122 e. The maximum atomic E-state index is 7.47. The van der Waals surface area contributed by atoms with Gasteiger partial charge in [0.25, 0.3) is 0 Å². The van der Waals surface area contributed by atoms with Crippen LogP contribution in [0.4, 0.5) is 5.69 Å². The van der Waals surface area contributed by atoms with E-state index in [1.54, 1.807) is 0 Å². The first-order valence-electron chi connectivity index (χ1n) is 6.86. The third kappa shape index (κ3) is 3.30. The van der Waals surface area contributed by atoms with Crippen LogP contribution >= 0.6 is 15.9 Å². The number of nitrogen functional groups attached to an aromatic ring is 1. The standard InChI is InChI=1S/C15H22BrN3/c1-10-3-6-12(7-4-10)19(2)14-8-5-11(15(17)18)9-13(14)16/h5,8-10,12H,3-4,6-7H2,1-2H3,(H3,17,18). The molecule has 1 aliphatic carbocycles. The van der Waals surface area contributed by atoms with Gasteiger partial charge in [-0.25, -0.2) is 0 Å². The van der Waals surface area contributed by atoms with Crippen molar-refractivity contribution in [2.75, 3.05) is 11.9 Å². The van der Waals surface area contributed by atoms with Gasteiger partial charge in [0.1, 0.15) is 5.84 Å². The molecule has 3 N–H and O–H groups in total. The molecule has 0 saturated heterocycles. The van der Waals surface area contributed by atoms with Crippen LogP contribution in [0.15, 0.2) is 22.7 Å². The number of amidine groups is 1. The Morgan fingerprint density at radius 1 is 1.32 bits per heavy atom. The molecule has 0 unspecified atom stereocenters. The van der Waals surface area contributed by atoms with Gasteiger partial charge in [0.05, 0.1) is 5.69 Å². The van der Waals surface area contributed by atoms with Gasteiger partial charge in [-0.05, 0) is 65.7 Å². The summed E-state index contributed by atoms with van der Waals surface area (Å²) in [5.74, 6) is 0.981. The highest BCUT2D eigenvalue weighted by atomic mass is 79.9. The van der Waals surface area contributed by atoms with E-state index < -0.39 is 0 Å². The van der Waals surface area contributed by atoms with Crippen LogP contribution in [-0.4, -0.2) is 18.9 Å². The molecular weight excluding hydrogens is 302 g/mol. The number of benzene rings is 1. The Morgan fingerprint density at radius 3 is 2.47 bits per heavy atom. The molecule has 0 bridgehead atoms. The van der Waals surface area contributed by atoms with Gasteiger partial charge >= 0.3 is 0 Å². The first kappa shape index (κ1) is 14.4. The lowest BCUT2D eigenvalue weighted by atomic mass is 9.86. The first-order valence-corrected chi connectivity index (χ1v) is 7.65. The van der Waals surface area contributed by atoms with Gasteiger partial charge < -0.3 is 10.6 Å². The summed E-state index contributed by atoms with van der Waals surface area (Å²) in [4.78, 5) is 2.36. The van der Waals surface area contributed by atoms with Gasteiger partial charge in [-0.1, -0.05) is 6.92 Å². The van der Waals surface area contributed by atoms with Gasteiger partial charge in [-0.15, -0.1) is 0 Å². The van der Waals surface area contributed by atoms with Crippen molar-refractivity contribution in [1.29, 1.82) is 5.41 Å². The Morgan fingerprint density at radius 2 is 1.95 bits per heavy atom. The minimum absolute atomic E-state index is 0.112. The van der Waals surface area contributed by atoms with E-state index in [2.05, 4.69) is 40.9 Å². The third-order valence-corrected chi connectivity index (χ3v) is 4.81. The number of nitrogens with two attached hydrogens (primary N) is 1. The van der Waals surface area contributed by atoms with Gasteiger partial charge in [-0.2, -0.15) is 0 Å². The zero-order chi connectivity index (χ0) is 14.0. The van der Waals surface area contributed by atoms with E-state index in [4.69, 9.17) is 11.1 Å². The molecule has 2 rings (SSSR count). The molecule has 0 radical (unpaired) electrons. The van der Waals surface area contributed by atoms with Crippen molar-refractivity contribution in [1.82, 2.24) is 0 Å². The molecule has 0 amide bonds. The van der Waals surface area contributed by atoms with E-state index in [0.717, 1.165) is 16.0 Å². The highest BCUT2D eigenvalue weighted by Crippen LogP contribution is 2.33. The Balaban J connectivity index is 2.15. The zero-order valence-corrected chi connectivity index (χ0v) is 13.2. The number of anilines is 1. The molecule has 4 heteroatoms. The summed E-state index contributed by atoms with van der Waals surface area (Å²) in [7, 11) is 2.16. The molecule has 1 saturated carbocycles. The summed E-state index contributed by atoms with van der Waals surface area (Å²) in [6.07, 6.45) is 5.16. The molecular formula is C15H22BrN3. The van der Waals surface area contributed by atoms with E-state index in [9.17, 15) is 0 Å². The minimum Gasteiger partial charge on any atom is -0.384 e. The second-order valence-electron chi connectivity index (χ2n) is 5.60. The van der Waals surface area contributed by atoms with Gasteiger partial charge in [0.2, 0.25) is 0 Å². The van der Waals surface area contributed by atoms with Crippen LogP contribution in [0.3, 0.4) is 0 Å². The predicted octanol–water partition coefficient (Wildman–Crippen LogP) is 3.75. The Bertz CT molecular complexity index is 464. The SMILES string of the molecule is CC1CCC(N(C)c2ccc(C(=N)N)cc2Br)CC1. The van der Waals surface area contributed by atoms with Crippen molar-refractivity contribution < 1.29 is 0 Å². The fourth-order valence-corrected chi connectivity index (χ4v) is 3.45. The fraction of sp³-hybridized carbons (Fsp3) is 0.533. The Kier molecular flexibility index (Phi) is 4.50. The molecule has 0 atom stereocenters. The van der Waals surface area contributed by atoms with Crippen LogP contribution in [0.5, 0.6) is 0 Å². The normalized spacial score (nSPS) is 23.1. The van der Waals surface area contributed by atoms with E-state index in [1.165, 1.54) is 31.4 Å². The highest BCUT2D eigenvalue weighted by molar-refractivity contribution is 9.10. The van der Waals surface area contributed by atoms with Crippen molar-refractivity contribution >= 4 is 27.5 Å².